The van der Waals surface area contributed by atoms with Crippen molar-refractivity contribution in [2.24, 2.45) is 0 Å². The van der Waals surface area contributed by atoms with Crippen LogP contribution >= 0.6 is 12.2 Å². The number of anilines is 1. The average Bonchev–Trinajstić information content (AvgIpc) is 2.64. The Kier molecular flexibility index (Phi) is 6.25. The lowest BCUT2D eigenvalue weighted by molar-refractivity contribution is -0.918. The van der Waals surface area contributed by atoms with Crippen molar-refractivity contribution in [2.45, 2.75) is 25.4 Å². The van der Waals surface area contributed by atoms with Crippen molar-refractivity contribution < 1.29 is 9.64 Å². The van der Waals surface area contributed by atoms with Gasteiger partial charge in [0.15, 0.2) is 5.11 Å². The van der Waals surface area contributed by atoms with Gasteiger partial charge in [-0.15, -0.1) is 0 Å². The van der Waals surface area contributed by atoms with E-state index in [1.807, 2.05) is 24.3 Å². The standard InChI is InChI=1S/C20H25N3OS/c1-24-19-9-5-8-18(14-19)22-20(25)21-17-10-12-23(13-11-17)15-16-6-3-2-4-7-16/h2-9,14,17H,10-13,15H2,1H3,(H2,21,22,25)/p+1. The van der Waals surface area contributed by atoms with Gasteiger partial charge in [0.05, 0.1) is 20.2 Å². The normalized spacial score (nSPS) is 19.9. The molecule has 0 atom stereocenters. The fourth-order valence-corrected chi connectivity index (χ4v) is 3.57. The Labute approximate surface area is 155 Å². The molecule has 132 valence electrons. The summed E-state index contributed by atoms with van der Waals surface area (Å²) in [6, 6.07) is 19.0. The van der Waals surface area contributed by atoms with Gasteiger partial charge in [0.25, 0.3) is 0 Å². The maximum absolute atomic E-state index is 5.46. The number of ether oxygens (including phenoxy) is 1. The van der Waals surface area contributed by atoms with Crippen molar-refractivity contribution in [1.82, 2.24) is 5.32 Å². The predicted octanol–water partition coefficient (Wildman–Crippen LogP) is 2.23. The molecule has 0 spiro atoms. The van der Waals surface area contributed by atoms with Crippen LogP contribution in [-0.4, -0.2) is 31.4 Å². The van der Waals surface area contributed by atoms with E-state index < -0.39 is 0 Å². The molecule has 5 heteroatoms. The maximum atomic E-state index is 5.46. The number of nitrogens with one attached hydrogen (secondary N) is 3. The lowest BCUT2D eigenvalue weighted by Crippen LogP contribution is -3.12. The van der Waals surface area contributed by atoms with E-state index in [1.54, 1.807) is 12.0 Å². The molecule has 0 aromatic heterocycles. The third-order valence-corrected chi connectivity index (χ3v) is 4.87. The van der Waals surface area contributed by atoms with Crippen LogP contribution in [0.4, 0.5) is 5.69 Å². The number of likely N-dealkylation sites (tertiary alicyclic amines) is 1. The lowest BCUT2D eigenvalue weighted by atomic mass is 10.0. The van der Waals surface area contributed by atoms with E-state index in [4.69, 9.17) is 17.0 Å². The minimum atomic E-state index is 0.449. The fourth-order valence-electron chi connectivity index (χ4n) is 3.29. The van der Waals surface area contributed by atoms with E-state index in [0.717, 1.165) is 30.8 Å². The highest BCUT2D eigenvalue weighted by Gasteiger charge is 2.22. The van der Waals surface area contributed by atoms with Gasteiger partial charge in [0.1, 0.15) is 12.3 Å². The van der Waals surface area contributed by atoms with Crippen molar-refractivity contribution in [3.05, 3.63) is 60.2 Å². The van der Waals surface area contributed by atoms with Gasteiger partial charge in [-0.3, -0.25) is 0 Å². The zero-order valence-electron chi connectivity index (χ0n) is 14.6. The third kappa shape index (κ3) is 5.44. The summed E-state index contributed by atoms with van der Waals surface area (Å²) < 4.78 is 5.24. The Bertz CT molecular complexity index is 684. The first-order valence-electron chi connectivity index (χ1n) is 8.82. The SMILES string of the molecule is COc1cccc(NC(=S)NC2CC[NH+](Cc3ccccc3)CC2)c1. The van der Waals surface area contributed by atoms with E-state index in [-0.39, 0.29) is 0 Å². The minimum Gasteiger partial charge on any atom is -0.497 e. The first-order valence-corrected chi connectivity index (χ1v) is 9.23. The Morgan fingerprint density at radius 1 is 1.12 bits per heavy atom. The lowest BCUT2D eigenvalue weighted by Gasteiger charge is -2.30. The van der Waals surface area contributed by atoms with Gasteiger partial charge in [0, 0.05) is 36.2 Å². The molecule has 0 bridgehead atoms. The van der Waals surface area contributed by atoms with Gasteiger partial charge >= 0.3 is 0 Å². The van der Waals surface area contributed by atoms with Crippen LogP contribution in [0, 0.1) is 0 Å². The van der Waals surface area contributed by atoms with Crippen molar-refractivity contribution in [3.63, 3.8) is 0 Å². The number of hydrogen-bond donors (Lipinski definition) is 3. The zero-order valence-corrected chi connectivity index (χ0v) is 15.4. The number of thiocarbonyl (C=S) groups is 1. The summed E-state index contributed by atoms with van der Waals surface area (Å²) >= 11 is 5.46. The van der Waals surface area contributed by atoms with E-state index >= 15 is 0 Å². The van der Waals surface area contributed by atoms with Gasteiger partial charge in [-0.25, -0.2) is 0 Å². The van der Waals surface area contributed by atoms with Crippen LogP contribution in [0.1, 0.15) is 18.4 Å². The topological polar surface area (TPSA) is 37.7 Å². The molecule has 0 amide bonds. The first kappa shape index (κ1) is 17.7. The monoisotopic (exact) mass is 356 g/mol. The van der Waals surface area contributed by atoms with Crippen LogP contribution in [-0.2, 0) is 6.54 Å². The average molecular weight is 357 g/mol. The highest BCUT2D eigenvalue weighted by molar-refractivity contribution is 7.80. The quantitative estimate of drug-likeness (QED) is 0.719. The zero-order chi connectivity index (χ0) is 17.5. The Hall–Kier alpha value is -2.11. The number of benzene rings is 2. The largest absolute Gasteiger partial charge is 0.497 e. The molecule has 1 fully saturated rings. The van der Waals surface area contributed by atoms with Crippen LogP contribution in [0.3, 0.4) is 0 Å². The first-order chi connectivity index (χ1) is 12.2. The molecule has 2 aromatic rings. The van der Waals surface area contributed by atoms with Gasteiger partial charge in [-0.2, -0.15) is 0 Å². The van der Waals surface area contributed by atoms with Gasteiger partial charge < -0.3 is 20.3 Å². The summed E-state index contributed by atoms with van der Waals surface area (Å²) in [6.07, 6.45) is 2.28. The molecule has 0 saturated carbocycles. The van der Waals surface area contributed by atoms with Crippen LogP contribution in [0.5, 0.6) is 5.75 Å². The molecule has 3 rings (SSSR count). The Morgan fingerprint density at radius 2 is 1.88 bits per heavy atom. The Balaban J connectivity index is 1.43. The van der Waals surface area contributed by atoms with E-state index in [9.17, 15) is 0 Å². The summed E-state index contributed by atoms with van der Waals surface area (Å²) in [5.74, 6) is 0.825. The van der Waals surface area contributed by atoms with Crippen LogP contribution in [0.15, 0.2) is 54.6 Å². The molecule has 1 saturated heterocycles. The summed E-state index contributed by atoms with van der Waals surface area (Å²) in [4.78, 5) is 1.65. The van der Waals surface area contributed by atoms with Crippen molar-refractivity contribution in [2.75, 3.05) is 25.5 Å². The third-order valence-electron chi connectivity index (χ3n) is 4.65. The molecule has 0 radical (unpaired) electrons. The minimum absolute atomic E-state index is 0.449. The number of quaternary nitrogens is 1. The van der Waals surface area contributed by atoms with Gasteiger partial charge in [-0.1, -0.05) is 36.4 Å². The second kappa shape index (κ2) is 8.83. The smallest absolute Gasteiger partial charge is 0.171 e. The highest BCUT2D eigenvalue weighted by atomic mass is 32.1. The predicted molar refractivity (Wildman–Crippen MR) is 106 cm³/mol. The maximum Gasteiger partial charge on any atom is 0.171 e. The fraction of sp³-hybridized carbons (Fsp3) is 0.350. The Morgan fingerprint density at radius 3 is 2.60 bits per heavy atom. The number of piperidine rings is 1. The number of hydrogen-bond acceptors (Lipinski definition) is 2. The van der Waals surface area contributed by atoms with Crippen LogP contribution < -0.4 is 20.3 Å². The molecule has 1 aliphatic rings. The van der Waals surface area contributed by atoms with Gasteiger partial charge in [-0.05, 0) is 24.4 Å². The molecular weight excluding hydrogens is 330 g/mol. The van der Waals surface area contributed by atoms with E-state index in [1.165, 1.54) is 18.7 Å². The van der Waals surface area contributed by atoms with Crippen LogP contribution in [0.2, 0.25) is 0 Å². The van der Waals surface area contributed by atoms with Crippen molar-refractivity contribution >= 4 is 23.0 Å². The summed E-state index contributed by atoms with van der Waals surface area (Å²) in [5, 5.41) is 7.39. The molecule has 3 N–H and O–H groups in total. The molecule has 25 heavy (non-hydrogen) atoms. The summed E-state index contributed by atoms with van der Waals surface area (Å²) in [7, 11) is 1.67. The molecule has 2 aromatic carbocycles. The van der Waals surface area contributed by atoms with E-state index in [0.29, 0.717) is 11.2 Å². The van der Waals surface area contributed by atoms with Crippen molar-refractivity contribution in [3.8, 4) is 5.75 Å². The second-order valence-corrected chi connectivity index (χ2v) is 6.93. The van der Waals surface area contributed by atoms with Crippen LogP contribution in [0.25, 0.3) is 0 Å². The summed E-state index contributed by atoms with van der Waals surface area (Å²) in [5.41, 5.74) is 2.36. The summed E-state index contributed by atoms with van der Waals surface area (Å²) in [6.45, 7) is 3.46. The molecule has 0 aliphatic carbocycles. The molecule has 4 nitrogen and oxygen atoms in total. The molecular formula is C20H26N3OS+. The molecule has 0 unspecified atom stereocenters. The van der Waals surface area contributed by atoms with Crippen molar-refractivity contribution in [1.29, 1.82) is 0 Å². The number of methoxy groups -OCH3 is 1. The highest BCUT2D eigenvalue weighted by Crippen LogP contribution is 2.16. The molecule has 1 aliphatic heterocycles. The number of rotatable bonds is 5. The van der Waals surface area contributed by atoms with Gasteiger partial charge in [0.2, 0.25) is 0 Å². The molecule has 1 heterocycles. The second-order valence-electron chi connectivity index (χ2n) is 6.52. The van der Waals surface area contributed by atoms with E-state index in [2.05, 4.69) is 41.0 Å².